The molecular weight excluding hydrogens is 288 g/mol. The fraction of sp³-hybridized carbons (Fsp3) is 0.125. The largest absolute Gasteiger partial charge is 0.507 e. The molecule has 6 heteroatoms. The summed E-state index contributed by atoms with van der Waals surface area (Å²) in [6.07, 6.45) is 0. The Kier molecular flexibility index (Phi) is 4.14. The fourth-order valence-electron chi connectivity index (χ4n) is 2.24. The van der Waals surface area contributed by atoms with Gasteiger partial charge < -0.3 is 20.1 Å². The average Bonchev–Trinajstić information content (AvgIpc) is 2.49. The summed E-state index contributed by atoms with van der Waals surface area (Å²) in [6, 6.07) is 6.97. The fourth-order valence-corrected chi connectivity index (χ4v) is 2.24. The number of ether oxygens (including phenoxy) is 1. The summed E-state index contributed by atoms with van der Waals surface area (Å²) in [7, 11) is 3.25. The van der Waals surface area contributed by atoms with E-state index in [0.29, 0.717) is 0 Å². The monoisotopic (exact) mass is 302 g/mol. The van der Waals surface area contributed by atoms with Crippen molar-refractivity contribution in [1.82, 2.24) is 0 Å². The van der Waals surface area contributed by atoms with E-state index < -0.39 is 28.8 Å². The maximum absolute atomic E-state index is 12.2. The van der Waals surface area contributed by atoms with Gasteiger partial charge >= 0.3 is 0 Å². The van der Waals surface area contributed by atoms with Crippen molar-refractivity contribution in [1.29, 1.82) is 0 Å². The minimum absolute atomic E-state index is 0.139. The molecule has 114 valence electrons. The summed E-state index contributed by atoms with van der Waals surface area (Å²) in [5.74, 6) is -3.03. The van der Waals surface area contributed by atoms with Crippen molar-refractivity contribution in [2.45, 2.75) is 0 Å². The van der Waals surface area contributed by atoms with Gasteiger partial charge in [0.1, 0.15) is 5.75 Å². The Morgan fingerprint density at radius 2 is 1.27 bits per heavy atom. The molecule has 22 heavy (non-hydrogen) atoms. The Hall–Kier alpha value is -2.86. The Morgan fingerprint density at radius 1 is 0.818 bits per heavy atom. The van der Waals surface area contributed by atoms with E-state index in [1.54, 1.807) is 26.4 Å². The van der Waals surface area contributed by atoms with Crippen LogP contribution in [0.15, 0.2) is 30.3 Å². The van der Waals surface area contributed by atoms with Crippen LogP contribution >= 0.6 is 0 Å². The Bertz CT molecular complexity index is 763. The number of carbonyl (C=O) groups excluding carboxylic acids is 2. The van der Waals surface area contributed by atoms with Crippen LogP contribution in [-0.2, 0) is 4.74 Å². The summed E-state index contributed by atoms with van der Waals surface area (Å²) in [6.45, 7) is 0. The summed E-state index contributed by atoms with van der Waals surface area (Å²) >= 11 is 0. The predicted octanol–water partition coefficient (Wildman–Crippen LogP) is 1.84. The van der Waals surface area contributed by atoms with E-state index in [1.807, 2.05) is 0 Å². The molecule has 6 nitrogen and oxygen atoms in total. The number of hydrogen-bond acceptors (Lipinski definition) is 6. The number of aromatic hydroxyl groups is 3. The van der Waals surface area contributed by atoms with Crippen LogP contribution in [0.1, 0.15) is 31.8 Å². The molecule has 0 unspecified atom stereocenters. The zero-order valence-corrected chi connectivity index (χ0v) is 12.0. The van der Waals surface area contributed by atoms with Crippen molar-refractivity contribution in [2.75, 3.05) is 14.2 Å². The molecule has 0 bridgehead atoms. The molecule has 0 fully saturated rings. The van der Waals surface area contributed by atoms with Gasteiger partial charge in [-0.25, -0.2) is 0 Å². The van der Waals surface area contributed by atoms with E-state index >= 15 is 0 Å². The number of fused-ring (bicyclic) bond motifs is 2. The van der Waals surface area contributed by atoms with Crippen LogP contribution < -0.4 is 0 Å². The molecule has 0 aliphatic heterocycles. The van der Waals surface area contributed by atoms with E-state index in [4.69, 9.17) is 0 Å². The number of phenols is 3. The number of rotatable bonds is 0. The lowest BCUT2D eigenvalue weighted by Gasteiger charge is -2.19. The number of methoxy groups -OCH3 is 1. The van der Waals surface area contributed by atoms with Crippen LogP contribution in [-0.4, -0.2) is 41.1 Å². The van der Waals surface area contributed by atoms with Crippen LogP contribution in [0.5, 0.6) is 17.2 Å². The Balaban J connectivity index is 0.000000545. The van der Waals surface area contributed by atoms with Crippen LogP contribution in [0.3, 0.4) is 0 Å². The zero-order chi connectivity index (χ0) is 16.4. The first-order chi connectivity index (χ1) is 10.4. The number of benzene rings is 2. The first-order valence-electron chi connectivity index (χ1n) is 6.30. The smallest absolute Gasteiger partial charge is 0.198 e. The highest BCUT2D eigenvalue weighted by Gasteiger charge is 2.35. The summed E-state index contributed by atoms with van der Waals surface area (Å²) < 4.78 is 4.25. The summed E-state index contributed by atoms with van der Waals surface area (Å²) in [4.78, 5) is 24.5. The van der Waals surface area contributed by atoms with Gasteiger partial charge in [-0.1, -0.05) is 24.3 Å². The molecule has 3 N–H and O–H groups in total. The van der Waals surface area contributed by atoms with E-state index in [0.717, 1.165) is 6.07 Å². The Morgan fingerprint density at radius 3 is 1.77 bits per heavy atom. The molecule has 0 saturated heterocycles. The molecule has 0 spiro atoms. The second-order valence-corrected chi connectivity index (χ2v) is 4.63. The number of ketones is 2. The topological polar surface area (TPSA) is 104 Å². The predicted molar refractivity (Wildman–Crippen MR) is 77.7 cm³/mol. The molecule has 0 atom stereocenters. The SMILES string of the molecule is COC.O=C1c2ccccc2C(=O)c2c(O)c(O)cc(O)c21. The van der Waals surface area contributed by atoms with Crippen LogP contribution in [0.25, 0.3) is 0 Å². The molecule has 2 aromatic carbocycles. The third-order valence-corrected chi connectivity index (χ3v) is 3.13. The number of hydrogen-bond donors (Lipinski definition) is 3. The van der Waals surface area contributed by atoms with Gasteiger partial charge in [-0.3, -0.25) is 9.59 Å². The molecule has 0 radical (unpaired) electrons. The first-order valence-corrected chi connectivity index (χ1v) is 6.30. The minimum Gasteiger partial charge on any atom is -0.507 e. The van der Waals surface area contributed by atoms with E-state index in [-0.39, 0.29) is 22.3 Å². The molecule has 2 aromatic rings. The van der Waals surface area contributed by atoms with Gasteiger partial charge in [0.05, 0.1) is 11.1 Å². The molecule has 3 rings (SSSR count). The van der Waals surface area contributed by atoms with Crippen LogP contribution in [0.2, 0.25) is 0 Å². The Labute approximate surface area is 126 Å². The van der Waals surface area contributed by atoms with Crippen molar-refractivity contribution in [3.8, 4) is 17.2 Å². The maximum atomic E-state index is 12.2. The number of carbonyl (C=O) groups is 2. The normalized spacial score (nSPS) is 12.1. The maximum Gasteiger partial charge on any atom is 0.198 e. The second-order valence-electron chi connectivity index (χ2n) is 4.63. The second kappa shape index (κ2) is 5.87. The van der Waals surface area contributed by atoms with Gasteiger partial charge in [-0.2, -0.15) is 0 Å². The van der Waals surface area contributed by atoms with Crippen molar-refractivity contribution in [2.24, 2.45) is 0 Å². The van der Waals surface area contributed by atoms with Gasteiger partial charge in [0.2, 0.25) is 0 Å². The molecule has 0 saturated carbocycles. The van der Waals surface area contributed by atoms with Crippen LogP contribution in [0.4, 0.5) is 0 Å². The third-order valence-electron chi connectivity index (χ3n) is 3.13. The van der Waals surface area contributed by atoms with Crippen molar-refractivity contribution in [3.05, 3.63) is 52.6 Å². The van der Waals surface area contributed by atoms with Crippen LogP contribution in [0, 0.1) is 0 Å². The van der Waals surface area contributed by atoms with E-state index in [2.05, 4.69) is 4.74 Å². The van der Waals surface area contributed by atoms with Crippen molar-refractivity contribution < 1.29 is 29.6 Å². The third kappa shape index (κ3) is 2.29. The molecular formula is C16H14O6. The lowest BCUT2D eigenvalue weighted by Crippen LogP contribution is -2.21. The van der Waals surface area contributed by atoms with Gasteiger partial charge in [0.25, 0.3) is 0 Å². The molecule has 0 heterocycles. The lowest BCUT2D eigenvalue weighted by molar-refractivity contribution is 0.0973. The van der Waals surface area contributed by atoms with Gasteiger partial charge in [0, 0.05) is 31.4 Å². The molecule has 0 amide bonds. The minimum atomic E-state index is -0.694. The van der Waals surface area contributed by atoms with Gasteiger partial charge in [0.15, 0.2) is 23.1 Å². The van der Waals surface area contributed by atoms with Gasteiger partial charge in [-0.05, 0) is 0 Å². The quantitative estimate of drug-likeness (QED) is 0.432. The summed E-state index contributed by atoms with van der Waals surface area (Å²) in [5.41, 5.74) is -0.333. The van der Waals surface area contributed by atoms with Gasteiger partial charge in [-0.15, -0.1) is 0 Å². The average molecular weight is 302 g/mol. The molecule has 0 aromatic heterocycles. The van der Waals surface area contributed by atoms with E-state index in [1.165, 1.54) is 12.1 Å². The first kappa shape index (κ1) is 15.5. The highest BCUT2D eigenvalue weighted by molar-refractivity contribution is 6.30. The molecule has 1 aliphatic carbocycles. The highest BCUT2D eigenvalue weighted by Crippen LogP contribution is 2.42. The standard InChI is InChI=1S/C14H8O5.C2H6O/c15-8-5-9(16)14(19)11-10(8)12(17)6-3-1-2-4-7(6)13(11)18;1-3-2/h1-5,15-16,19H;1-2H3. The number of phenolic OH excluding ortho intramolecular Hbond substituents is 3. The highest BCUT2D eigenvalue weighted by atomic mass is 16.4. The lowest BCUT2D eigenvalue weighted by atomic mass is 9.83. The van der Waals surface area contributed by atoms with E-state index in [9.17, 15) is 24.9 Å². The van der Waals surface area contributed by atoms with Crippen molar-refractivity contribution >= 4 is 11.6 Å². The molecule has 1 aliphatic rings. The van der Waals surface area contributed by atoms with Crippen molar-refractivity contribution in [3.63, 3.8) is 0 Å². The zero-order valence-electron chi connectivity index (χ0n) is 12.0. The summed E-state index contributed by atoms with van der Waals surface area (Å²) in [5, 5.41) is 28.9.